The number of alkyl carbamates (subject to hydrolysis) is 1. The van der Waals surface area contributed by atoms with Crippen LogP contribution in [0, 0.1) is 3.57 Å². The zero-order chi connectivity index (χ0) is 22.1. The van der Waals surface area contributed by atoms with Crippen LogP contribution in [0.25, 0.3) is 0 Å². The Balaban J connectivity index is 1.87. The standard InChI is InChI=1S/C23H27IN2O4/c1-16(12-21(27)29-15-17-8-6-5-7-9-17)26-20-11-10-18(13-19(20)24)14-25-22(28)30-23(2,3)4/h5-13,26H,14-15H2,1-4H3,(H,25,28). The molecular formula is C23H27IN2O4. The fourth-order valence-electron chi connectivity index (χ4n) is 2.45. The van der Waals surface area contributed by atoms with E-state index < -0.39 is 17.7 Å². The smallest absolute Gasteiger partial charge is 0.407 e. The van der Waals surface area contributed by atoms with Crippen LogP contribution in [0.2, 0.25) is 0 Å². The van der Waals surface area contributed by atoms with Crippen molar-refractivity contribution >= 4 is 40.3 Å². The Morgan fingerprint density at radius 2 is 1.77 bits per heavy atom. The number of ether oxygens (including phenoxy) is 2. The Kier molecular flexibility index (Phi) is 8.71. The zero-order valence-electron chi connectivity index (χ0n) is 17.6. The van der Waals surface area contributed by atoms with Crippen molar-refractivity contribution in [3.63, 3.8) is 0 Å². The summed E-state index contributed by atoms with van der Waals surface area (Å²) in [7, 11) is 0. The van der Waals surface area contributed by atoms with Gasteiger partial charge in [-0.2, -0.15) is 0 Å². The molecule has 0 aliphatic rings. The minimum atomic E-state index is -0.529. The van der Waals surface area contributed by atoms with Gasteiger partial charge >= 0.3 is 12.1 Å². The second-order valence-corrected chi connectivity index (χ2v) is 8.88. The quantitative estimate of drug-likeness (QED) is 0.290. The van der Waals surface area contributed by atoms with Gasteiger partial charge in [-0.05, 0) is 73.5 Å². The lowest BCUT2D eigenvalue weighted by molar-refractivity contribution is -0.139. The van der Waals surface area contributed by atoms with Crippen molar-refractivity contribution in [2.24, 2.45) is 0 Å². The van der Waals surface area contributed by atoms with Gasteiger partial charge in [0.1, 0.15) is 12.2 Å². The number of hydrogen-bond acceptors (Lipinski definition) is 5. The van der Waals surface area contributed by atoms with Crippen LogP contribution in [0.1, 0.15) is 38.8 Å². The highest BCUT2D eigenvalue weighted by atomic mass is 127. The van der Waals surface area contributed by atoms with Gasteiger partial charge in [-0.25, -0.2) is 9.59 Å². The molecule has 0 heterocycles. The van der Waals surface area contributed by atoms with Gasteiger partial charge < -0.3 is 20.1 Å². The van der Waals surface area contributed by atoms with Crippen molar-refractivity contribution in [1.82, 2.24) is 5.32 Å². The number of halogens is 1. The Bertz CT molecular complexity index is 905. The van der Waals surface area contributed by atoms with E-state index in [0.717, 1.165) is 20.4 Å². The van der Waals surface area contributed by atoms with Crippen LogP contribution in [0.4, 0.5) is 10.5 Å². The van der Waals surface area contributed by atoms with Crippen molar-refractivity contribution in [3.05, 3.63) is 75.0 Å². The van der Waals surface area contributed by atoms with E-state index >= 15 is 0 Å². The highest BCUT2D eigenvalue weighted by Gasteiger charge is 2.15. The van der Waals surface area contributed by atoms with Gasteiger partial charge in [0.15, 0.2) is 0 Å². The molecule has 160 valence electrons. The minimum absolute atomic E-state index is 0.236. The van der Waals surface area contributed by atoms with Crippen LogP contribution in [-0.2, 0) is 27.4 Å². The van der Waals surface area contributed by atoms with Gasteiger partial charge in [0, 0.05) is 21.9 Å². The van der Waals surface area contributed by atoms with Gasteiger partial charge in [0.2, 0.25) is 0 Å². The van der Waals surface area contributed by atoms with E-state index in [1.165, 1.54) is 6.08 Å². The fraction of sp³-hybridized carbons (Fsp3) is 0.304. The second kappa shape index (κ2) is 11.0. The molecule has 2 aromatic carbocycles. The molecule has 0 atom stereocenters. The third kappa shape index (κ3) is 8.86. The number of hydrogen-bond donors (Lipinski definition) is 2. The van der Waals surface area contributed by atoms with Crippen molar-refractivity contribution < 1.29 is 19.1 Å². The number of allylic oxidation sites excluding steroid dienone is 1. The molecule has 2 aromatic rings. The van der Waals surface area contributed by atoms with E-state index in [0.29, 0.717) is 12.2 Å². The maximum Gasteiger partial charge on any atom is 0.407 e. The average Bonchev–Trinajstić information content (AvgIpc) is 2.66. The molecule has 0 aliphatic heterocycles. The molecule has 7 heteroatoms. The highest BCUT2D eigenvalue weighted by Crippen LogP contribution is 2.21. The van der Waals surface area contributed by atoms with Crippen molar-refractivity contribution in [3.8, 4) is 0 Å². The summed E-state index contributed by atoms with van der Waals surface area (Å²) >= 11 is 2.21. The molecule has 2 rings (SSSR count). The van der Waals surface area contributed by atoms with E-state index in [4.69, 9.17) is 9.47 Å². The third-order valence-corrected chi connectivity index (χ3v) is 4.65. The molecule has 0 aliphatic carbocycles. The van der Waals surface area contributed by atoms with Gasteiger partial charge in [0.25, 0.3) is 0 Å². The first kappa shape index (κ1) is 23.7. The molecule has 0 bridgehead atoms. The van der Waals surface area contributed by atoms with Crippen LogP contribution in [0.15, 0.2) is 60.3 Å². The molecule has 0 saturated carbocycles. The number of esters is 1. The van der Waals surface area contributed by atoms with Gasteiger partial charge in [0.05, 0.1) is 5.69 Å². The first-order chi connectivity index (χ1) is 14.1. The number of amides is 1. The molecule has 0 fully saturated rings. The highest BCUT2D eigenvalue weighted by molar-refractivity contribution is 14.1. The normalized spacial score (nSPS) is 11.6. The lowest BCUT2D eigenvalue weighted by Gasteiger charge is -2.19. The second-order valence-electron chi connectivity index (χ2n) is 7.72. The van der Waals surface area contributed by atoms with E-state index in [-0.39, 0.29) is 6.61 Å². The Morgan fingerprint density at radius 1 is 1.07 bits per heavy atom. The molecule has 0 aromatic heterocycles. The van der Waals surface area contributed by atoms with E-state index in [9.17, 15) is 9.59 Å². The SMILES string of the molecule is CC(=CC(=O)OCc1ccccc1)Nc1ccc(CNC(=O)OC(C)(C)C)cc1I. The molecule has 0 saturated heterocycles. The molecule has 1 amide bonds. The lowest BCUT2D eigenvalue weighted by Crippen LogP contribution is -2.32. The summed E-state index contributed by atoms with van der Waals surface area (Å²) in [6.07, 6.45) is 0.976. The molecule has 0 unspecified atom stereocenters. The summed E-state index contributed by atoms with van der Waals surface area (Å²) in [5.74, 6) is -0.406. The average molecular weight is 522 g/mol. The predicted molar refractivity (Wildman–Crippen MR) is 126 cm³/mol. The molecule has 0 spiro atoms. The van der Waals surface area contributed by atoms with E-state index in [2.05, 4.69) is 33.2 Å². The van der Waals surface area contributed by atoms with E-state index in [1.54, 1.807) is 6.92 Å². The Labute approximate surface area is 191 Å². The Hall–Kier alpha value is -2.55. The Morgan fingerprint density at radius 3 is 2.40 bits per heavy atom. The van der Waals surface area contributed by atoms with Crippen LogP contribution in [0.3, 0.4) is 0 Å². The molecule has 2 N–H and O–H groups in total. The maximum atomic E-state index is 12.0. The summed E-state index contributed by atoms with van der Waals surface area (Å²) in [4.78, 5) is 23.8. The summed E-state index contributed by atoms with van der Waals surface area (Å²) in [6.45, 7) is 7.87. The summed E-state index contributed by atoms with van der Waals surface area (Å²) < 4.78 is 11.5. The topological polar surface area (TPSA) is 76.7 Å². The summed E-state index contributed by atoms with van der Waals surface area (Å²) in [6, 6.07) is 15.3. The maximum absolute atomic E-state index is 12.0. The molecule has 6 nitrogen and oxygen atoms in total. The van der Waals surface area contributed by atoms with Crippen LogP contribution >= 0.6 is 22.6 Å². The molecule has 0 radical (unpaired) electrons. The molecular weight excluding hydrogens is 495 g/mol. The molecule has 30 heavy (non-hydrogen) atoms. The van der Waals surface area contributed by atoms with E-state index in [1.807, 2.05) is 69.3 Å². The largest absolute Gasteiger partial charge is 0.458 e. The van der Waals surface area contributed by atoms with Crippen LogP contribution < -0.4 is 10.6 Å². The first-order valence-corrected chi connectivity index (χ1v) is 10.6. The first-order valence-electron chi connectivity index (χ1n) is 9.54. The predicted octanol–water partition coefficient (Wildman–Crippen LogP) is 5.38. The third-order valence-electron chi connectivity index (χ3n) is 3.76. The lowest BCUT2D eigenvalue weighted by atomic mass is 10.2. The number of carbonyl (C=O) groups excluding carboxylic acids is 2. The van der Waals surface area contributed by atoms with Crippen molar-refractivity contribution in [1.29, 1.82) is 0 Å². The van der Waals surface area contributed by atoms with Gasteiger partial charge in [-0.15, -0.1) is 0 Å². The summed E-state index contributed by atoms with van der Waals surface area (Å²) in [5.41, 5.74) is 2.89. The monoisotopic (exact) mass is 522 g/mol. The van der Waals surface area contributed by atoms with Crippen LogP contribution in [-0.4, -0.2) is 17.7 Å². The fourth-order valence-corrected chi connectivity index (χ4v) is 3.17. The number of nitrogens with one attached hydrogen (secondary N) is 2. The van der Waals surface area contributed by atoms with Crippen molar-refractivity contribution in [2.75, 3.05) is 5.32 Å². The van der Waals surface area contributed by atoms with Crippen molar-refractivity contribution in [2.45, 2.75) is 46.4 Å². The van der Waals surface area contributed by atoms with Gasteiger partial charge in [-0.3, -0.25) is 0 Å². The number of benzene rings is 2. The van der Waals surface area contributed by atoms with Crippen LogP contribution in [0.5, 0.6) is 0 Å². The number of anilines is 1. The van der Waals surface area contributed by atoms with Gasteiger partial charge in [-0.1, -0.05) is 36.4 Å². The number of rotatable bonds is 7. The zero-order valence-corrected chi connectivity index (χ0v) is 19.8. The summed E-state index contributed by atoms with van der Waals surface area (Å²) in [5, 5.41) is 5.94. The minimum Gasteiger partial charge on any atom is -0.458 e. The number of carbonyl (C=O) groups is 2.